The normalized spacial score (nSPS) is 14.4. The molecule has 172 valence electrons. The number of para-hydroxylation sites is 2. The van der Waals surface area contributed by atoms with Crippen LogP contribution in [0.3, 0.4) is 0 Å². The summed E-state index contributed by atoms with van der Waals surface area (Å²) in [6, 6.07) is 13.6. The Balaban J connectivity index is 1.45. The molecule has 1 aromatic heterocycles. The van der Waals surface area contributed by atoms with E-state index in [2.05, 4.69) is 15.0 Å². The van der Waals surface area contributed by atoms with E-state index in [1.807, 2.05) is 0 Å². The number of nitrogens with zero attached hydrogens (tertiary/aromatic N) is 1. The number of sulfonamides is 1. The van der Waals surface area contributed by atoms with Crippen molar-refractivity contribution >= 4 is 27.6 Å². The summed E-state index contributed by atoms with van der Waals surface area (Å²) >= 11 is 0. The number of benzene rings is 2. The van der Waals surface area contributed by atoms with Gasteiger partial charge in [-0.25, -0.2) is 18.2 Å². The smallest absolute Gasteiger partial charge is 0.424 e. The number of halogens is 3. The summed E-state index contributed by atoms with van der Waals surface area (Å²) in [5.74, 6) is -3.69. The molecule has 0 spiro atoms. The largest absolute Gasteiger partial charge is 0.492 e. The van der Waals surface area contributed by atoms with Crippen LogP contribution >= 0.6 is 0 Å². The number of pyridine rings is 1. The molecule has 0 unspecified atom stereocenters. The Hall–Kier alpha value is -4.00. The zero-order valence-electron chi connectivity index (χ0n) is 16.5. The quantitative estimate of drug-likeness (QED) is 0.513. The maximum Gasteiger partial charge on any atom is 0.492 e. The first kappa shape index (κ1) is 22.2. The van der Waals surface area contributed by atoms with Crippen LogP contribution in [0, 0.1) is 0 Å². The van der Waals surface area contributed by atoms with Crippen molar-refractivity contribution in [1.82, 2.24) is 10.3 Å². The zero-order valence-corrected chi connectivity index (χ0v) is 17.3. The minimum absolute atomic E-state index is 0.0251. The summed E-state index contributed by atoms with van der Waals surface area (Å²) in [5.41, 5.74) is 0.0251. The molecule has 0 radical (unpaired) electrons. The maximum atomic E-state index is 13.7. The molecule has 3 N–H and O–H groups in total. The predicted octanol–water partition coefficient (Wildman–Crippen LogP) is 3.69. The Morgan fingerprint density at radius 3 is 2.06 bits per heavy atom. The minimum atomic E-state index is -5.11. The number of carbonyl (C=O) groups is 1. The molecule has 1 aliphatic rings. The molecule has 2 heterocycles. The number of urea groups is 1. The average molecular weight is 480 g/mol. The summed E-state index contributed by atoms with van der Waals surface area (Å²) < 4.78 is 77.9. The number of carbonyl (C=O) groups excluding carboxylic acids is 1. The summed E-state index contributed by atoms with van der Waals surface area (Å²) in [4.78, 5) is 16.0. The van der Waals surface area contributed by atoms with Crippen LogP contribution in [0.4, 0.5) is 29.5 Å². The van der Waals surface area contributed by atoms with Gasteiger partial charge in [0.1, 0.15) is 5.82 Å². The Bertz CT molecular complexity index is 1240. The van der Waals surface area contributed by atoms with Crippen molar-refractivity contribution < 1.29 is 35.9 Å². The minimum Gasteiger partial charge on any atom is -0.424 e. The maximum absolute atomic E-state index is 13.7. The van der Waals surface area contributed by atoms with Crippen LogP contribution in [0.25, 0.3) is 0 Å². The molecule has 2 amide bonds. The van der Waals surface area contributed by atoms with Crippen molar-refractivity contribution in [2.45, 2.75) is 17.0 Å². The van der Waals surface area contributed by atoms with Crippen molar-refractivity contribution in [3.63, 3.8) is 0 Å². The molecule has 1 aliphatic heterocycles. The van der Waals surface area contributed by atoms with Gasteiger partial charge in [0.25, 0.3) is 10.0 Å². The van der Waals surface area contributed by atoms with Crippen molar-refractivity contribution in [1.29, 1.82) is 0 Å². The van der Waals surface area contributed by atoms with Gasteiger partial charge in [0.05, 0.1) is 4.90 Å². The van der Waals surface area contributed by atoms with E-state index in [4.69, 9.17) is 9.47 Å². The van der Waals surface area contributed by atoms with Gasteiger partial charge in [-0.15, -0.1) is 0 Å². The topological polar surface area (TPSA) is 119 Å². The molecule has 0 aliphatic carbocycles. The Kier molecular flexibility index (Phi) is 5.49. The second-order valence-corrected chi connectivity index (χ2v) is 8.37. The zero-order chi connectivity index (χ0) is 23.7. The van der Waals surface area contributed by atoms with E-state index in [9.17, 15) is 26.4 Å². The lowest BCUT2D eigenvalue weighted by atomic mass is 10.3. The predicted molar refractivity (Wildman–Crippen MR) is 110 cm³/mol. The monoisotopic (exact) mass is 480 g/mol. The molecule has 0 saturated heterocycles. The highest BCUT2D eigenvalue weighted by molar-refractivity contribution is 7.92. The van der Waals surface area contributed by atoms with Crippen molar-refractivity contribution in [3.8, 4) is 11.5 Å². The summed E-state index contributed by atoms with van der Waals surface area (Å²) in [6.45, 7) is 0. The van der Waals surface area contributed by atoms with Crippen LogP contribution in [0.1, 0.15) is 0 Å². The Morgan fingerprint density at radius 1 is 0.909 bits per heavy atom. The third kappa shape index (κ3) is 4.62. The highest BCUT2D eigenvalue weighted by Gasteiger charge is 2.65. The highest BCUT2D eigenvalue weighted by Crippen LogP contribution is 2.44. The van der Waals surface area contributed by atoms with Gasteiger partial charge in [-0.05, 0) is 48.5 Å². The molecule has 0 atom stereocenters. The number of hydrogen-bond donors (Lipinski definition) is 3. The van der Waals surface area contributed by atoms with E-state index in [0.29, 0.717) is 0 Å². The van der Waals surface area contributed by atoms with E-state index in [1.54, 1.807) is 17.4 Å². The number of rotatable bonds is 5. The molecular weight excluding hydrogens is 465 g/mol. The van der Waals surface area contributed by atoms with Crippen molar-refractivity contribution in [2.75, 3.05) is 10.0 Å². The number of fused-ring (bicyclic) bond motifs is 1. The molecule has 2 aromatic carbocycles. The SMILES string of the molecule is O=C(Nc1ccc(S(=O)(=O)Nc2ccccn2)cc1)NC1(C(F)(F)F)Oc2ccccc2O1. The van der Waals surface area contributed by atoms with E-state index < -0.39 is 28.1 Å². The number of aromatic nitrogens is 1. The van der Waals surface area contributed by atoms with Gasteiger partial charge in [0.2, 0.25) is 0 Å². The molecule has 0 saturated carbocycles. The molecule has 4 rings (SSSR count). The first-order valence-corrected chi connectivity index (χ1v) is 10.7. The molecule has 3 aromatic rings. The molecule has 13 heteroatoms. The van der Waals surface area contributed by atoms with E-state index in [-0.39, 0.29) is 27.9 Å². The number of hydrogen-bond acceptors (Lipinski definition) is 6. The van der Waals surface area contributed by atoms with Crippen molar-refractivity contribution in [3.05, 3.63) is 72.9 Å². The fraction of sp³-hybridized carbons (Fsp3) is 0.100. The molecule has 9 nitrogen and oxygen atoms in total. The fourth-order valence-corrected chi connectivity index (χ4v) is 3.84. The third-order valence-electron chi connectivity index (χ3n) is 4.33. The van der Waals surface area contributed by atoms with E-state index in [1.165, 1.54) is 60.8 Å². The van der Waals surface area contributed by atoms with Crippen LogP contribution in [-0.2, 0) is 10.0 Å². The molecule has 33 heavy (non-hydrogen) atoms. The number of ether oxygens (including phenoxy) is 2. The lowest BCUT2D eigenvalue weighted by molar-refractivity contribution is -0.317. The second kappa shape index (κ2) is 8.16. The fourth-order valence-electron chi connectivity index (χ4n) is 2.84. The third-order valence-corrected chi connectivity index (χ3v) is 5.70. The summed E-state index contributed by atoms with van der Waals surface area (Å²) in [7, 11) is -3.97. The van der Waals surface area contributed by atoms with Crippen molar-refractivity contribution in [2.24, 2.45) is 0 Å². The molecule has 0 fully saturated rings. The molecular formula is C20H15F3N4O5S. The Labute approximate surface area is 185 Å². The average Bonchev–Trinajstić information content (AvgIpc) is 3.14. The van der Waals surface area contributed by atoms with Crippen LogP contribution in [0.5, 0.6) is 11.5 Å². The number of amides is 2. The second-order valence-electron chi connectivity index (χ2n) is 6.69. The summed E-state index contributed by atoms with van der Waals surface area (Å²) in [6.07, 6.45) is -3.70. The van der Waals surface area contributed by atoms with Gasteiger partial charge in [-0.3, -0.25) is 10.0 Å². The van der Waals surface area contributed by atoms with E-state index in [0.717, 1.165) is 0 Å². The Morgan fingerprint density at radius 2 is 1.52 bits per heavy atom. The van der Waals surface area contributed by atoms with Crippen LogP contribution in [-0.4, -0.2) is 31.5 Å². The van der Waals surface area contributed by atoms with Gasteiger partial charge >= 0.3 is 18.1 Å². The van der Waals surface area contributed by atoms with Gasteiger partial charge in [0.15, 0.2) is 11.5 Å². The lowest BCUT2D eigenvalue weighted by Gasteiger charge is -2.29. The van der Waals surface area contributed by atoms with Crippen LogP contribution in [0.15, 0.2) is 77.8 Å². The van der Waals surface area contributed by atoms with Gasteiger partial charge in [0, 0.05) is 11.9 Å². The van der Waals surface area contributed by atoms with Crippen LogP contribution in [0.2, 0.25) is 0 Å². The molecule has 0 bridgehead atoms. The highest BCUT2D eigenvalue weighted by atomic mass is 32.2. The lowest BCUT2D eigenvalue weighted by Crippen LogP contribution is -2.65. The van der Waals surface area contributed by atoms with Gasteiger partial charge in [-0.1, -0.05) is 18.2 Å². The van der Waals surface area contributed by atoms with Crippen LogP contribution < -0.4 is 24.8 Å². The first-order chi connectivity index (χ1) is 15.6. The first-order valence-electron chi connectivity index (χ1n) is 9.25. The standard InChI is InChI=1S/C20H15F3N4O5S/c21-19(22,23)20(31-15-5-1-2-6-16(15)32-20)26-18(28)25-13-8-10-14(11-9-13)33(29,30)27-17-7-3-4-12-24-17/h1-12H,(H,24,27)(H2,25,26,28). The van der Waals surface area contributed by atoms with Gasteiger partial charge in [-0.2, -0.15) is 13.2 Å². The summed E-state index contributed by atoms with van der Waals surface area (Å²) in [5, 5.41) is 3.83. The number of anilines is 2. The van der Waals surface area contributed by atoms with Gasteiger partial charge < -0.3 is 14.8 Å². The number of alkyl halides is 3. The van der Waals surface area contributed by atoms with E-state index >= 15 is 0 Å². The number of nitrogens with one attached hydrogen (secondary N) is 3.